The SMILES string of the molecule is CCc1cc(C(=O)Nc2cc(C)c(C)cc2N)n(C)n1. The van der Waals surface area contributed by atoms with E-state index in [2.05, 4.69) is 10.4 Å². The van der Waals surface area contributed by atoms with Gasteiger partial charge in [0.15, 0.2) is 0 Å². The van der Waals surface area contributed by atoms with E-state index in [9.17, 15) is 4.79 Å². The molecule has 1 amide bonds. The second-order valence-electron chi connectivity index (χ2n) is 4.98. The summed E-state index contributed by atoms with van der Waals surface area (Å²) in [5, 5.41) is 7.12. The Hall–Kier alpha value is -2.30. The zero-order chi connectivity index (χ0) is 14.9. The molecule has 20 heavy (non-hydrogen) atoms. The molecule has 0 saturated heterocycles. The molecule has 1 heterocycles. The Kier molecular flexibility index (Phi) is 3.79. The highest BCUT2D eigenvalue weighted by Crippen LogP contribution is 2.23. The van der Waals surface area contributed by atoms with Gasteiger partial charge in [-0.05, 0) is 49.6 Å². The van der Waals surface area contributed by atoms with Gasteiger partial charge in [0.05, 0.1) is 17.1 Å². The summed E-state index contributed by atoms with van der Waals surface area (Å²) in [6.45, 7) is 5.99. The van der Waals surface area contributed by atoms with Crippen LogP contribution in [0.4, 0.5) is 11.4 Å². The maximum Gasteiger partial charge on any atom is 0.273 e. The third-order valence-electron chi connectivity index (χ3n) is 3.44. The van der Waals surface area contributed by atoms with Crippen LogP contribution < -0.4 is 11.1 Å². The zero-order valence-electron chi connectivity index (χ0n) is 12.3. The van der Waals surface area contributed by atoms with Crippen molar-refractivity contribution in [2.45, 2.75) is 27.2 Å². The molecule has 0 aliphatic carbocycles. The molecule has 0 bridgehead atoms. The topological polar surface area (TPSA) is 72.9 Å². The van der Waals surface area contributed by atoms with Gasteiger partial charge in [-0.2, -0.15) is 5.10 Å². The molecule has 106 valence electrons. The number of nitrogens with zero attached hydrogens (tertiary/aromatic N) is 2. The van der Waals surface area contributed by atoms with E-state index in [4.69, 9.17) is 5.73 Å². The summed E-state index contributed by atoms with van der Waals surface area (Å²) in [5.74, 6) is -0.199. The van der Waals surface area contributed by atoms with Crippen LogP contribution in [0.1, 0.15) is 34.2 Å². The first-order chi connectivity index (χ1) is 9.42. The van der Waals surface area contributed by atoms with Gasteiger partial charge in [-0.25, -0.2) is 0 Å². The first kappa shape index (κ1) is 14.1. The number of aryl methyl sites for hydroxylation is 4. The molecular weight excluding hydrogens is 252 g/mol. The van der Waals surface area contributed by atoms with Crippen molar-refractivity contribution in [1.29, 1.82) is 0 Å². The molecule has 0 radical (unpaired) electrons. The van der Waals surface area contributed by atoms with E-state index in [1.807, 2.05) is 32.9 Å². The van der Waals surface area contributed by atoms with Gasteiger partial charge < -0.3 is 11.1 Å². The molecule has 0 fully saturated rings. The Morgan fingerprint density at radius 1 is 1.30 bits per heavy atom. The van der Waals surface area contributed by atoms with Crippen LogP contribution >= 0.6 is 0 Å². The third-order valence-corrected chi connectivity index (χ3v) is 3.44. The first-order valence-corrected chi connectivity index (χ1v) is 6.63. The van der Waals surface area contributed by atoms with Crippen LogP contribution in [0, 0.1) is 13.8 Å². The number of amides is 1. The van der Waals surface area contributed by atoms with Gasteiger partial charge in [-0.3, -0.25) is 9.48 Å². The van der Waals surface area contributed by atoms with Gasteiger partial charge >= 0.3 is 0 Å². The van der Waals surface area contributed by atoms with Crippen molar-refractivity contribution in [3.63, 3.8) is 0 Å². The summed E-state index contributed by atoms with van der Waals surface area (Å²) in [6.07, 6.45) is 0.799. The van der Waals surface area contributed by atoms with Crippen LogP contribution in [-0.2, 0) is 13.5 Å². The smallest absolute Gasteiger partial charge is 0.273 e. The number of hydrogen-bond donors (Lipinski definition) is 2. The second-order valence-corrected chi connectivity index (χ2v) is 4.98. The molecule has 1 aromatic heterocycles. The van der Waals surface area contributed by atoms with Gasteiger partial charge in [0.2, 0.25) is 0 Å². The molecule has 2 aromatic rings. The Morgan fingerprint density at radius 3 is 2.55 bits per heavy atom. The lowest BCUT2D eigenvalue weighted by Gasteiger charge is -2.11. The minimum absolute atomic E-state index is 0.199. The maximum absolute atomic E-state index is 12.3. The van der Waals surface area contributed by atoms with Crippen LogP contribution in [0.3, 0.4) is 0 Å². The quantitative estimate of drug-likeness (QED) is 0.843. The number of nitrogen functional groups attached to an aromatic ring is 1. The fourth-order valence-corrected chi connectivity index (χ4v) is 2.05. The van der Waals surface area contributed by atoms with E-state index in [1.54, 1.807) is 17.8 Å². The van der Waals surface area contributed by atoms with Gasteiger partial charge in [-0.1, -0.05) is 6.92 Å². The van der Waals surface area contributed by atoms with Gasteiger partial charge in [-0.15, -0.1) is 0 Å². The predicted octanol–water partition coefficient (Wildman–Crippen LogP) is 2.43. The number of rotatable bonds is 3. The summed E-state index contributed by atoms with van der Waals surface area (Å²) >= 11 is 0. The van der Waals surface area contributed by atoms with E-state index < -0.39 is 0 Å². The number of anilines is 2. The fourth-order valence-electron chi connectivity index (χ4n) is 2.05. The Morgan fingerprint density at radius 2 is 1.95 bits per heavy atom. The molecule has 0 atom stereocenters. The van der Waals surface area contributed by atoms with Crippen LogP contribution in [0.25, 0.3) is 0 Å². The zero-order valence-corrected chi connectivity index (χ0v) is 12.3. The number of carbonyl (C=O) groups excluding carboxylic acids is 1. The Bertz CT molecular complexity index is 658. The van der Waals surface area contributed by atoms with Crippen molar-refractivity contribution in [2.75, 3.05) is 11.1 Å². The lowest BCUT2D eigenvalue weighted by atomic mass is 10.1. The summed E-state index contributed by atoms with van der Waals surface area (Å²) < 4.78 is 1.59. The van der Waals surface area contributed by atoms with Crippen molar-refractivity contribution >= 4 is 17.3 Å². The van der Waals surface area contributed by atoms with Crippen molar-refractivity contribution in [3.8, 4) is 0 Å². The maximum atomic E-state index is 12.3. The Balaban J connectivity index is 2.27. The summed E-state index contributed by atoms with van der Waals surface area (Å²) in [6, 6.07) is 5.55. The fraction of sp³-hybridized carbons (Fsp3) is 0.333. The number of aromatic nitrogens is 2. The van der Waals surface area contributed by atoms with Gasteiger partial charge in [0.1, 0.15) is 5.69 Å². The third kappa shape index (κ3) is 2.66. The van der Waals surface area contributed by atoms with Crippen molar-refractivity contribution in [3.05, 3.63) is 40.7 Å². The molecule has 1 aromatic carbocycles. The molecule has 3 N–H and O–H groups in total. The highest BCUT2D eigenvalue weighted by Gasteiger charge is 2.14. The number of benzene rings is 1. The van der Waals surface area contributed by atoms with E-state index >= 15 is 0 Å². The van der Waals surface area contributed by atoms with E-state index in [-0.39, 0.29) is 5.91 Å². The number of nitrogens with one attached hydrogen (secondary N) is 1. The molecule has 5 nitrogen and oxygen atoms in total. The molecule has 0 aliphatic rings. The minimum atomic E-state index is -0.199. The molecule has 0 unspecified atom stereocenters. The molecule has 0 spiro atoms. The average Bonchev–Trinajstić information content (AvgIpc) is 2.77. The minimum Gasteiger partial charge on any atom is -0.397 e. The standard InChI is InChI=1S/C15H20N4O/c1-5-11-8-14(19(4)18-11)15(20)17-13-7-10(3)9(2)6-12(13)16/h6-8H,5,16H2,1-4H3,(H,17,20). The van der Waals surface area contributed by atoms with Crippen LogP contribution in [0.2, 0.25) is 0 Å². The number of nitrogens with two attached hydrogens (primary N) is 1. The van der Waals surface area contributed by atoms with Crippen molar-refractivity contribution < 1.29 is 4.79 Å². The summed E-state index contributed by atoms with van der Waals surface area (Å²) in [4.78, 5) is 12.3. The summed E-state index contributed by atoms with van der Waals surface area (Å²) in [5.41, 5.74) is 10.8. The Labute approximate surface area is 118 Å². The largest absolute Gasteiger partial charge is 0.397 e. The molecular formula is C15H20N4O. The van der Waals surface area contributed by atoms with E-state index in [0.29, 0.717) is 17.1 Å². The summed E-state index contributed by atoms with van der Waals surface area (Å²) in [7, 11) is 1.76. The van der Waals surface area contributed by atoms with E-state index in [0.717, 1.165) is 23.2 Å². The first-order valence-electron chi connectivity index (χ1n) is 6.63. The molecule has 5 heteroatoms. The van der Waals surface area contributed by atoms with Crippen molar-refractivity contribution in [2.24, 2.45) is 7.05 Å². The predicted molar refractivity (Wildman–Crippen MR) is 80.9 cm³/mol. The average molecular weight is 272 g/mol. The van der Waals surface area contributed by atoms with Crippen LogP contribution in [-0.4, -0.2) is 15.7 Å². The van der Waals surface area contributed by atoms with Crippen LogP contribution in [0.15, 0.2) is 18.2 Å². The monoisotopic (exact) mass is 272 g/mol. The molecule has 0 aliphatic heterocycles. The lowest BCUT2D eigenvalue weighted by Crippen LogP contribution is -2.17. The number of carbonyl (C=O) groups is 1. The van der Waals surface area contributed by atoms with Gasteiger partial charge in [0.25, 0.3) is 5.91 Å². The van der Waals surface area contributed by atoms with Crippen LogP contribution in [0.5, 0.6) is 0 Å². The molecule has 0 saturated carbocycles. The van der Waals surface area contributed by atoms with E-state index in [1.165, 1.54) is 0 Å². The van der Waals surface area contributed by atoms with Gasteiger partial charge in [0, 0.05) is 7.05 Å². The highest BCUT2D eigenvalue weighted by atomic mass is 16.2. The molecule has 2 rings (SSSR count). The normalized spacial score (nSPS) is 10.6. The lowest BCUT2D eigenvalue weighted by molar-refractivity contribution is 0.101. The van der Waals surface area contributed by atoms with Crippen molar-refractivity contribution in [1.82, 2.24) is 9.78 Å². The highest BCUT2D eigenvalue weighted by molar-refractivity contribution is 6.04. The number of hydrogen-bond acceptors (Lipinski definition) is 3. The second kappa shape index (κ2) is 5.36.